The average molecular weight is 265 g/mol. The molecule has 0 spiro atoms. The van der Waals surface area contributed by atoms with Gasteiger partial charge in [-0.2, -0.15) is 0 Å². The minimum Gasteiger partial charge on any atom is -0.496 e. The molecule has 0 radical (unpaired) electrons. The van der Waals surface area contributed by atoms with Gasteiger partial charge in [0.2, 0.25) is 0 Å². The van der Waals surface area contributed by atoms with Crippen LogP contribution in [0.5, 0.6) is 5.75 Å². The third-order valence-electron chi connectivity index (χ3n) is 3.12. The summed E-state index contributed by atoms with van der Waals surface area (Å²) in [5.41, 5.74) is 0.861. The number of hydrogen-bond acceptors (Lipinski definition) is 3. The van der Waals surface area contributed by atoms with Crippen molar-refractivity contribution in [3.8, 4) is 5.75 Å². The second-order valence-electron chi connectivity index (χ2n) is 4.52. The highest BCUT2D eigenvalue weighted by molar-refractivity contribution is 5.34. The van der Waals surface area contributed by atoms with Gasteiger partial charge in [0.1, 0.15) is 5.76 Å². The quantitative estimate of drug-likeness (QED) is 0.857. The molecule has 1 N–H and O–H groups in total. The molecule has 1 aromatic carbocycles. The summed E-state index contributed by atoms with van der Waals surface area (Å²) < 4.78 is 24.4. The maximum absolute atomic E-state index is 13.8. The van der Waals surface area contributed by atoms with Crippen LogP contribution in [0.4, 0.5) is 4.39 Å². The Hall–Kier alpha value is -1.55. The maximum Gasteiger partial charge on any atom is 0.165 e. The van der Waals surface area contributed by atoms with Crippen LogP contribution in [0.2, 0.25) is 0 Å². The first-order valence-electron chi connectivity index (χ1n) is 6.66. The van der Waals surface area contributed by atoms with E-state index >= 15 is 0 Å². The lowest BCUT2D eigenvalue weighted by Gasteiger charge is -2.20. The summed E-state index contributed by atoms with van der Waals surface area (Å²) >= 11 is 0. The smallest absolute Gasteiger partial charge is 0.165 e. The molecule has 1 unspecified atom stereocenters. The minimum absolute atomic E-state index is 0.0807. The maximum atomic E-state index is 13.8. The lowest BCUT2D eigenvalue weighted by atomic mass is 10.0. The van der Waals surface area contributed by atoms with E-state index in [0.29, 0.717) is 6.61 Å². The van der Waals surface area contributed by atoms with Crippen molar-refractivity contribution in [3.05, 3.63) is 41.4 Å². The number of rotatable bonds is 6. The Kier molecular flexibility index (Phi) is 4.80. The van der Waals surface area contributed by atoms with Crippen molar-refractivity contribution in [2.24, 2.45) is 0 Å². The van der Waals surface area contributed by atoms with Crippen molar-refractivity contribution in [1.29, 1.82) is 0 Å². The van der Waals surface area contributed by atoms with E-state index in [1.807, 2.05) is 6.07 Å². The van der Waals surface area contributed by atoms with E-state index in [9.17, 15) is 4.39 Å². The molecule has 0 aromatic heterocycles. The summed E-state index contributed by atoms with van der Waals surface area (Å²) in [6.45, 7) is 3.67. The van der Waals surface area contributed by atoms with Gasteiger partial charge in [-0.25, -0.2) is 4.39 Å². The fraction of sp³-hybridized carbons (Fsp3) is 0.467. The summed E-state index contributed by atoms with van der Waals surface area (Å²) in [6, 6.07) is 4.95. The molecule has 0 bridgehead atoms. The molecule has 1 atom stereocenters. The van der Waals surface area contributed by atoms with Crippen LogP contribution in [0.15, 0.2) is 30.0 Å². The number of halogens is 1. The molecule has 1 aliphatic rings. The zero-order valence-electron chi connectivity index (χ0n) is 11.4. The Morgan fingerprint density at radius 2 is 2.32 bits per heavy atom. The fourth-order valence-corrected chi connectivity index (χ4v) is 2.17. The van der Waals surface area contributed by atoms with Crippen molar-refractivity contribution in [1.82, 2.24) is 5.32 Å². The van der Waals surface area contributed by atoms with E-state index < -0.39 is 0 Å². The van der Waals surface area contributed by atoms with Crippen LogP contribution in [-0.2, 0) is 4.74 Å². The van der Waals surface area contributed by atoms with E-state index in [1.54, 1.807) is 6.07 Å². The van der Waals surface area contributed by atoms with Crippen molar-refractivity contribution in [2.45, 2.75) is 25.8 Å². The monoisotopic (exact) mass is 265 g/mol. The van der Waals surface area contributed by atoms with Crippen LogP contribution in [0.1, 0.15) is 31.4 Å². The molecular formula is C15H20FNO2. The Balaban J connectivity index is 2.24. The number of ether oxygens (including phenoxy) is 2. The summed E-state index contributed by atoms with van der Waals surface area (Å²) in [6.07, 6.45) is 4.00. The zero-order chi connectivity index (χ0) is 13.7. The Morgan fingerprint density at radius 1 is 1.47 bits per heavy atom. The molecule has 0 saturated heterocycles. The van der Waals surface area contributed by atoms with E-state index in [4.69, 9.17) is 9.47 Å². The van der Waals surface area contributed by atoms with Gasteiger partial charge in [0.05, 0.1) is 19.8 Å². The summed E-state index contributed by atoms with van der Waals surface area (Å²) in [7, 11) is 1.47. The fourth-order valence-electron chi connectivity index (χ4n) is 2.17. The molecular weight excluding hydrogens is 245 g/mol. The lowest BCUT2D eigenvalue weighted by Crippen LogP contribution is -2.24. The van der Waals surface area contributed by atoms with Crippen molar-refractivity contribution < 1.29 is 13.9 Å². The molecule has 0 saturated carbocycles. The molecule has 19 heavy (non-hydrogen) atoms. The van der Waals surface area contributed by atoms with Gasteiger partial charge >= 0.3 is 0 Å². The van der Waals surface area contributed by atoms with Crippen molar-refractivity contribution in [3.63, 3.8) is 0 Å². The first-order valence-corrected chi connectivity index (χ1v) is 6.66. The predicted octanol–water partition coefficient (Wildman–Crippen LogP) is 3.18. The van der Waals surface area contributed by atoms with Crippen molar-refractivity contribution in [2.75, 3.05) is 20.3 Å². The van der Waals surface area contributed by atoms with Crippen LogP contribution >= 0.6 is 0 Å². The van der Waals surface area contributed by atoms with E-state index in [2.05, 4.69) is 18.3 Å². The normalized spacial score (nSPS) is 15.8. The van der Waals surface area contributed by atoms with Crippen LogP contribution in [0, 0.1) is 5.82 Å². The van der Waals surface area contributed by atoms with Crippen LogP contribution < -0.4 is 10.1 Å². The molecule has 0 fully saturated rings. The average Bonchev–Trinajstić information content (AvgIpc) is 2.93. The zero-order valence-corrected chi connectivity index (χ0v) is 11.4. The highest BCUT2D eigenvalue weighted by atomic mass is 19.1. The minimum atomic E-state index is -0.345. The first-order chi connectivity index (χ1) is 9.26. The lowest BCUT2D eigenvalue weighted by molar-refractivity contribution is 0.215. The Bertz CT molecular complexity index is 459. The molecule has 1 heterocycles. The number of methoxy groups -OCH3 is 1. The van der Waals surface area contributed by atoms with Gasteiger partial charge in [-0.3, -0.25) is 0 Å². The Labute approximate surface area is 113 Å². The molecule has 4 heteroatoms. The van der Waals surface area contributed by atoms with Crippen molar-refractivity contribution >= 4 is 0 Å². The molecule has 1 aromatic rings. The van der Waals surface area contributed by atoms with Crippen LogP contribution in [-0.4, -0.2) is 20.3 Å². The highest BCUT2D eigenvalue weighted by Crippen LogP contribution is 2.29. The van der Waals surface area contributed by atoms with Crippen LogP contribution in [0.25, 0.3) is 0 Å². The van der Waals surface area contributed by atoms with E-state index in [-0.39, 0.29) is 17.6 Å². The second-order valence-corrected chi connectivity index (χ2v) is 4.52. The number of nitrogens with one attached hydrogen (secondary N) is 1. The van der Waals surface area contributed by atoms with E-state index in [1.165, 1.54) is 13.2 Å². The number of hydrogen-bond donors (Lipinski definition) is 1. The van der Waals surface area contributed by atoms with Gasteiger partial charge in [0, 0.05) is 6.42 Å². The molecule has 2 rings (SSSR count). The molecule has 1 aliphatic heterocycles. The van der Waals surface area contributed by atoms with Gasteiger partial charge in [-0.1, -0.05) is 13.0 Å². The third kappa shape index (κ3) is 3.26. The van der Waals surface area contributed by atoms with Gasteiger partial charge < -0.3 is 14.8 Å². The van der Waals surface area contributed by atoms with Gasteiger partial charge in [-0.15, -0.1) is 0 Å². The summed E-state index contributed by atoms with van der Waals surface area (Å²) in [4.78, 5) is 0. The summed E-state index contributed by atoms with van der Waals surface area (Å²) in [5, 5.41) is 3.39. The first kappa shape index (κ1) is 13.9. The van der Waals surface area contributed by atoms with Gasteiger partial charge in [0.25, 0.3) is 0 Å². The van der Waals surface area contributed by atoms with Gasteiger partial charge in [-0.05, 0) is 36.7 Å². The topological polar surface area (TPSA) is 30.5 Å². The molecule has 104 valence electrons. The van der Waals surface area contributed by atoms with E-state index in [0.717, 1.165) is 30.7 Å². The SMILES string of the molecule is CCCNC(C1=CCCO1)c1ccc(OC)c(F)c1. The van der Waals surface area contributed by atoms with Gasteiger partial charge in [0.15, 0.2) is 11.6 Å². The van der Waals surface area contributed by atoms with Crippen LogP contribution in [0.3, 0.4) is 0 Å². The standard InChI is InChI=1S/C15H20FNO2/c1-3-8-17-15(14-5-4-9-19-14)11-6-7-13(18-2)12(16)10-11/h5-7,10,15,17H,3-4,8-9H2,1-2H3. The predicted molar refractivity (Wildman–Crippen MR) is 72.6 cm³/mol. The molecule has 0 aliphatic carbocycles. The second kappa shape index (κ2) is 6.57. The summed E-state index contributed by atoms with van der Waals surface area (Å²) in [5.74, 6) is 0.805. The molecule has 3 nitrogen and oxygen atoms in total. The Morgan fingerprint density at radius 3 is 2.89 bits per heavy atom. The third-order valence-corrected chi connectivity index (χ3v) is 3.12. The highest BCUT2D eigenvalue weighted by Gasteiger charge is 2.21. The number of benzene rings is 1. The molecule has 0 amide bonds. The largest absolute Gasteiger partial charge is 0.496 e.